The molecule has 350 valence electrons. The first kappa shape index (κ1) is 50.5. The average Bonchev–Trinajstić information content (AvgIpc) is 3.30. The zero-order chi connectivity index (χ0) is 48.1. The number of fused-ring (bicyclic) bond motifs is 5. The number of anilines is 1. The summed E-state index contributed by atoms with van der Waals surface area (Å²) in [6.07, 6.45) is 0.985. The molecule has 1 aliphatic heterocycles. The number of hydrogen-bond acceptors (Lipinski definition) is 14. The van der Waals surface area contributed by atoms with Crippen LogP contribution in [-0.2, 0) is 31.0 Å². The third kappa shape index (κ3) is 12.4. The van der Waals surface area contributed by atoms with Gasteiger partial charge in [0.1, 0.15) is 36.6 Å². The standard InChI is InChI=1S/C50H63N9O7/c1-30-24-42(62)45(59(6)49(64)34(17-19-52)28-41(61)38-29-56-46(58-47(38)55-5)32-10-13-35(14-11-32)50(2,3)4)33-12-16-44(66-23-21-54)37(27-33)36-25-31(9-15-43(36)65-22-20-53)26-39(57-48(30)63)40(60)8-7-18-51/h9-16,25,27,29-30,34,39,45H,7-8,17,19-24,26,28,52-54H2,1-6H3,(H,57,63)(H,55,56,58)/t30-,34-,39+,45+/m1/s1. The SMILES string of the molecule is CNc1nc(-c2ccc(C(C)(C)C)cc2)ncc1C(=O)C[C@@H](CCN)C(=O)N(C)[C@@H]1C(=O)C[C@@H](C)C(=O)N[C@H](C(=O)CCC#N)Cc2ccc(OCCN)c(c2)-c2cc1ccc2OCCN. The number of hydrogen-bond donors (Lipinski definition) is 5. The molecule has 0 saturated carbocycles. The van der Waals surface area contributed by atoms with Crippen molar-refractivity contribution in [1.29, 1.82) is 5.26 Å². The van der Waals surface area contributed by atoms with E-state index in [0.717, 1.165) is 11.1 Å². The highest BCUT2D eigenvalue weighted by Gasteiger charge is 2.36. The van der Waals surface area contributed by atoms with E-state index in [0.29, 0.717) is 45.4 Å². The van der Waals surface area contributed by atoms with Gasteiger partial charge in [-0.15, -0.1) is 0 Å². The molecule has 0 aliphatic carbocycles. The molecule has 4 atom stereocenters. The summed E-state index contributed by atoms with van der Waals surface area (Å²) < 4.78 is 12.3. The summed E-state index contributed by atoms with van der Waals surface area (Å²) in [5, 5.41) is 15.1. The maximum absolute atomic E-state index is 14.8. The molecule has 0 radical (unpaired) electrons. The van der Waals surface area contributed by atoms with Gasteiger partial charge in [0.25, 0.3) is 0 Å². The van der Waals surface area contributed by atoms with Gasteiger partial charge in [0.2, 0.25) is 11.8 Å². The molecular formula is C50H63N9O7. The Hall–Kier alpha value is -6.54. The monoisotopic (exact) mass is 901 g/mol. The highest BCUT2D eigenvalue weighted by molar-refractivity contribution is 6.03. The topological polar surface area (TPSA) is 259 Å². The largest absolute Gasteiger partial charge is 0.492 e. The number of likely N-dealkylation sites (N-methyl/N-ethyl adjacent to an activating group) is 1. The van der Waals surface area contributed by atoms with Gasteiger partial charge in [-0.05, 0) is 65.8 Å². The van der Waals surface area contributed by atoms with E-state index in [1.54, 1.807) is 44.3 Å². The highest BCUT2D eigenvalue weighted by atomic mass is 16.5. The van der Waals surface area contributed by atoms with Gasteiger partial charge in [-0.1, -0.05) is 64.1 Å². The number of Topliss-reactive ketones (excluding diaryl/α,β-unsaturated/α-hetero) is 3. The molecule has 4 bridgehead atoms. The first-order chi connectivity index (χ1) is 31.5. The molecule has 0 fully saturated rings. The quantitative estimate of drug-likeness (QED) is 0.0818. The minimum Gasteiger partial charge on any atom is -0.492 e. The fraction of sp³-hybridized carbons (Fsp3) is 0.440. The van der Waals surface area contributed by atoms with Crippen LogP contribution in [0.4, 0.5) is 5.82 Å². The first-order valence-corrected chi connectivity index (χ1v) is 22.4. The summed E-state index contributed by atoms with van der Waals surface area (Å²) in [6, 6.07) is 18.1. The molecule has 16 heteroatoms. The predicted octanol–water partition coefficient (Wildman–Crippen LogP) is 5.07. The second kappa shape index (κ2) is 23.1. The van der Waals surface area contributed by atoms with E-state index in [1.165, 1.54) is 18.1 Å². The molecule has 16 nitrogen and oxygen atoms in total. The lowest BCUT2D eigenvalue weighted by Crippen LogP contribution is -2.46. The summed E-state index contributed by atoms with van der Waals surface area (Å²) in [4.78, 5) is 81.5. The predicted molar refractivity (Wildman–Crippen MR) is 253 cm³/mol. The molecule has 8 N–H and O–H groups in total. The maximum Gasteiger partial charge on any atom is 0.226 e. The van der Waals surface area contributed by atoms with Gasteiger partial charge in [-0.3, -0.25) is 24.0 Å². The van der Waals surface area contributed by atoms with E-state index in [9.17, 15) is 29.2 Å². The molecule has 0 saturated heterocycles. The van der Waals surface area contributed by atoms with Gasteiger partial charge in [0.05, 0.1) is 17.7 Å². The van der Waals surface area contributed by atoms with Crippen LogP contribution in [0.25, 0.3) is 22.5 Å². The molecule has 1 aromatic heterocycles. The Balaban J connectivity index is 1.57. The van der Waals surface area contributed by atoms with Crippen LogP contribution in [0.1, 0.15) is 92.9 Å². The number of aromatic nitrogens is 2. The number of ketones is 3. The average molecular weight is 902 g/mol. The van der Waals surface area contributed by atoms with Gasteiger partial charge in [0, 0.05) is 87.6 Å². The number of rotatable bonds is 18. The second-order valence-electron chi connectivity index (χ2n) is 17.6. The zero-order valence-electron chi connectivity index (χ0n) is 38.8. The minimum absolute atomic E-state index is 0.0343. The number of nitriles is 1. The van der Waals surface area contributed by atoms with Crippen molar-refractivity contribution in [1.82, 2.24) is 20.2 Å². The summed E-state index contributed by atoms with van der Waals surface area (Å²) >= 11 is 0. The van der Waals surface area contributed by atoms with Crippen LogP contribution >= 0.6 is 0 Å². The van der Waals surface area contributed by atoms with Crippen molar-refractivity contribution in [3.05, 3.63) is 89.1 Å². The third-order valence-corrected chi connectivity index (χ3v) is 11.7. The van der Waals surface area contributed by atoms with E-state index in [2.05, 4.69) is 41.4 Å². The molecule has 0 spiro atoms. The lowest BCUT2D eigenvalue weighted by molar-refractivity contribution is -0.142. The van der Waals surface area contributed by atoms with Gasteiger partial charge in [0.15, 0.2) is 23.2 Å². The van der Waals surface area contributed by atoms with Crippen LogP contribution in [-0.4, -0.2) is 97.0 Å². The zero-order valence-corrected chi connectivity index (χ0v) is 38.8. The van der Waals surface area contributed by atoms with Crippen LogP contribution in [0.3, 0.4) is 0 Å². The van der Waals surface area contributed by atoms with Crippen molar-refractivity contribution < 1.29 is 33.4 Å². The lowest BCUT2D eigenvalue weighted by atomic mass is 9.86. The smallest absolute Gasteiger partial charge is 0.226 e. The fourth-order valence-electron chi connectivity index (χ4n) is 8.01. The molecular weight excluding hydrogens is 839 g/mol. The molecule has 4 aromatic rings. The number of nitrogens with one attached hydrogen (secondary N) is 2. The Morgan fingerprint density at radius 2 is 1.59 bits per heavy atom. The number of carbonyl (C=O) groups is 5. The molecule has 5 rings (SSSR count). The lowest BCUT2D eigenvalue weighted by Gasteiger charge is -2.32. The number of carbonyl (C=O) groups excluding carboxylic acids is 5. The second-order valence-corrected chi connectivity index (χ2v) is 17.6. The first-order valence-electron chi connectivity index (χ1n) is 22.4. The molecule has 66 heavy (non-hydrogen) atoms. The number of benzene rings is 3. The molecule has 2 heterocycles. The summed E-state index contributed by atoms with van der Waals surface area (Å²) in [5.74, 6) is -2.59. The molecule has 0 unspecified atom stereocenters. The van der Waals surface area contributed by atoms with Crippen LogP contribution < -0.4 is 37.3 Å². The Bertz CT molecular complexity index is 2430. The molecule has 1 aliphatic rings. The molecule has 3 aromatic carbocycles. The van der Waals surface area contributed by atoms with Crippen molar-refractivity contribution in [3.63, 3.8) is 0 Å². The third-order valence-electron chi connectivity index (χ3n) is 11.7. The highest BCUT2D eigenvalue weighted by Crippen LogP contribution is 2.41. The van der Waals surface area contributed by atoms with E-state index in [1.807, 2.05) is 36.4 Å². The number of ether oxygens (including phenoxy) is 2. The Morgan fingerprint density at radius 3 is 2.20 bits per heavy atom. The Kier molecular flexibility index (Phi) is 17.6. The van der Waals surface area contributed by atoms with Crippen molar-refractivity contribution in [2.45, 2.75) is 83.7 Å². The van der Waals surface area contributed by atoms with Gasteiger partial charge in [-0.25, -0.2) is 9.97 Å². The summed E-state index contributed by atoms with van der Waals surface area (Å²) in [6.45, 7) is 8.79. The van der Waals surface area contributed by atoms with Crippen LogP contribution in [0.5, 0.6) is 11.5 Å². The number of nitrogens with two attached hydrogens (primary N) is 3. The summed E-state index contributed by atoms with van der Waals surface area (Å²) in [5.41, 5.74) is 22.0. The Labute approximate surface area is 387 Å². The van der Waals surface area contributed by atoms with Gasteiger partial charge < -0.3 is 42.2 Å². The van der Waals surface area contributed by atoms with Crippen molar-refractivity contribution in [2.75, 3.05) is 52.3 Å². The number of nitrogens with zero attached hydrogens (tertiary/aromatic N) is 4. The van der Waals surface area contributed by atoms with Crippen molar-refractivity contribution >= 4 is 35.0 Å². The fourth-order valence-corrected chi connectivity index (χ4v) is 8.01. The molecule has 2 amide bonds. The van der Waals surface area contributed by atoms with Gasteiger partial charge >= 0.3 is 0 Å². The van der Waals surface area contributed by atoms with E-state index >= 15 is 0 Å². The Morgan fingerprint density at radius 1 is 0.939 bits per heavy atom. The number of amides is 2. The van der Waals surface area contributed by atoms with Crippen molar-refractivity contribution in [2.24, 2.45) is 29.0 Å². The van der Waals surface area contributed by atoms with Crippen LogP contribution in [0.2, 0.25) is 0 Å². The van der Waals surface area contributed by atoms with E-state index in [4.69, 9.17) is 26.7 Å². The van der Waals surface area contributed by atoms with Gasteiger partial charge in [-0.2, -0.15) is 5.26 Å². The minimum atomic E-state index is -1.25. The van der Waals surface area contributed by atoms with Crippen molar-refractivity contribution in [3.8, 4) is 40.1 Å². The summed E-state index contributed by atoms with van der Waals surface area (Å²) in [7, 11) is 3.15. The maximum atomic E-state index is 14.8. The van der Waals surface area contributed by atoms with E-state index < -0.39 is 47.3 Å². The van der Waals surface area contributed by atoms with Crippen LogP contribution in [0.15, 0.2) is 66.9 Å². The normalized spacial score (nSPS) is 16.8. The van der Waals surface area contributed by atoms with Crippen LogP contribution in [0, 0.1) is 23.2 Å². The van der Waals surface area contributed by atoms with E-state index in [-0.39, 0.29) is 88.1 Å².